The van der Waals surface area contributed by atoms with Gasteiger partial charge in [0.05, 0.1) is 17.9 Å². The van der Waals surface area contributed by atoms with Crippen LogP contribution in [0.5, 0.6) is 0 Å². The van der Waals surface area contributed by atoms with Crippen molar-refractivity contribution in [2.24, 2.45) is 5.73 Å². The third kappa shape index (κ3) is 3.65. The second-order valence-corrected chi connectivity index (χ2v) is 2.87. The van der Waals surface area contributed by atoms with E-state index in [0.29, 0.717) is 24.4 Å². The average molecular weight is 210 g/mol. The summed E-state index contributed by atoms with van der Waals surface area (Å²) in [6.45, 7) is 0.940. The second-order valence-electron chi connectivity index (χ2n) is 2.87. The number of nitrogens with zero attached hydrogens (tertiary/aromatic N) is 1. The molecule has 2 N–H and O–H groups in total. The van der Waals surface area contributed by atoms with E-state index in [-0.39, 0.29) is 12.6 Å². The minimum absolute atomic E-state index is 0.246. The molecule has 0 unspecified atom stereocenters. The number of pyridine rings is 1. The molecule has 0 bridgehead atoms. The maximum atomic E-state index is 11.4. The van der Waals surface area contributed by atoms with E-state index in [0.717, 1.165) is 0 Å². The summed E-state index contributed by atoms with van der Waals surface area (Å²) in [6.07, 6.45) is 1.54. The lowest BCUT2D eigenvalue weighted by Gasteiger charge is -2.04. The molecule has 0 saturated carbocycles. The molecule has 0 amide bonds. The van der Waals surface area contributed by atoms with Crippen LogP contribution in [0.3, 0.4) is 0 Å². The molecular weight excluding hydrogens is 196 g/mol. The van der Waals surface area contributed by atoms with Crippen LogP contribution in [-0.4, -0.2) is 31.3 Å². The predicted octanol–water partition coefficient (Wildman–Crippen LogP) is 0.344. The molecule has 5 heteroatoms. The Balaban J connectivity index is 2.57. The van der Waals surface area contributed by atoms with Gasteiger partial charge in [0.2, 0.25) is 0 Å². The minimum atomic E-state index is -0.385. The van der Waals surface area contributed by atoms with Gasteiger partial charge in [-0.15, -0.1) is 0 Å². The van der Waals surface area contributed by atoms with Gasteiger partial charge in [0, 0.05) is 19.9 Å². The Hall–Kier alpha value is -1.46. The lowest BCUT2D eigenvalue weighted by Crippen LogP contribution is -2.11. The van der Waals surface area contributed by atoms with Gasteiger partial charge in [-0.25, -0.2) is 4.79 Å². The van der Waals surface area contributed by atoms with Crippen molar-refractivity contribution in [1.29, 1.82) is 0 Å². The quantitative estimate of drug-likeness (QED) is 0.560. The molecule has 1 aromatic heterocycles. The van der Waals surface area contributed by atoms with Gasteiger partial charge in [0.15, 0.2) is 0 Å². The molecule has 82 valence electrons. The van der Waals surface area contributed by atoms with Crippen LogP contribution < -0.4 is 5.73 Å². The summed E-state index contributed by atoms with van der Waals surface area (Å²) in [5, 5.41) is 0. The highest BCUT2D eigenvalue weighted by Gasteiger charge is 2.07. The Bertz CT molecular complexity index is 328. The number of aromatic nitrogens is 1. The molecule has 0 radical (unpaired) electrons. The molecule has 1 aromatic rings. The summed E-state index contributed by atoms with van der Waals surface area (Å²) in [4.78, 5) is 15.4. The first-order valence-electron chi connectivity index (χ1n) is 4.59. The summed E-state index contributed by atoms with van der Waals surface area (Å²) < 4.78 is 9.70. The van der Waals surface area contributed by atoms with Crippen molar-refractivity contribution in [3.63, 3.8) is 0 Å². The second kappa shape index (κ2) is 6.10. The molecular formula is C10H14N2O3. The van der Waals surface area contributed by atoms with Crippen LogP contribution >= 0.6 is 0 Å². The van der Waals surface area contributed by atoms with Crippen LogP contribution in [0.15, 0.2) is 18.3 Å². The standard InChI is InChI=1S/C10H14N2O3/c1-14-4-5-15-10(13)8-2-3-12-9(6-8)7-11/h2-3,6H,4-5,7,11H2,1H3. The fourth-order valence-corrected chi connectivity index (χ4v) is 1.02. The SMILES string of the molecule is COCCOC(=O)c1ccnc(CN)c1. The number of ether oxygens (including phenoxy) is 2. The van der Waals surface area contributed by atoms with E-state index in [1.165, 1.54) is 6.20 Å². The highest BCUT2D eigenvalue weighted by Crippen LogP contribution is 2.03. The van der Waals surface area contributed by atoms with Crippen LogP contribution in [0.1, 0.15) is 16.1 Å². The van der Waals surface area contributed by atoms with Crippen molar-refractivity contribution in [1.82, 2.24) is 4.98 Å². The Morgan fingerprint density at radius 2 is 2.33 bits per heavy atom. The van der Waals surface area contributed by atoms with E-state index in [4.69, 9.17) is 15.2 Å². The third-order valence-corrected chi connectivity index (χ3v) is 1.78. The van der Waals surface area contributed by atoms with Gasteiger partial charge < -0.3 is 15.2 Å². The first-order valence-corrected chi connectivity index (χ1v) is 4.59. The number of carbonyl (C=O) groups excluding carboxylic acids is 1. The Morgan fingerprint density at radius 3 is 3.00 bits per heavy atom. The Morgan fingerprint density at radius 1 is 1.53 bits per heavy atom. The van der Waals surface area contributed by atoms with Gasteiger partial charge in [0.25, 0.3) is 0 Å². The molecule has 0 aliphatic heterocycles. The van der Waals surface area contributed by atoms with Crippen LogP contribution in [0.4, 0.5) is 0 Å². The van der Waals surface area contributed by atoms with Gasteiger partial charge in [-0.1, -0.05) is 0 Å². The van der Waals surface area contributed by atoms with Gasteiger partial charge in [-0.3, -0.25) is 4.98 Å². The maximum Gasteiger partial charge on any atom is 0.338 e. The number of nitrogens with two attached hydrogens (primary N) is 1. The zero-order chi connectivity index (χ0) is 11.1. The first-order chi connectivity index (χ1) is 7.27. The van der Waals surface area contributed by atoms with E-state index in [1.54, 1.807) is 19.2 Å². The number of rotatable bonds is 5. The Kier molecular flexibility index (Phi) is 4.73. The molecule has 0 aromatic carbocycles. The van der Waals surface area contributed by atoms with E-state index >= 15 is 0 Å². The molecule has 0 aliphatic carbocycles. The van der Waals surface area contributed by atoms with Gasteiger partial charge in [-0.05, 0) is 12.1 Å². The molecule has 0 atom stereocenters. The fourth-order valence-electron chi connectivity index (χ4n) is 1.02. The summed E-state index contributed by atoms with van der Waals surface area (Å²) >= 11 is 0. The van der Waals surface area contributed by atoms with E-state index in [9.17, 15) is 4.79 Å². The highest BCUT2D eigenvalue weighted by atomic mass is 16.6. The zero-order valence-electron chi connectivity index (χ0n) is 8.60. The zero-order valence-corrected chi connectivity index (χ0v) is 8.60. The maximum absolute atomic E-state index is 11.4. The van der Waals surface area contributed by atoms with E-state index in [1.807, 2.05) is 0 Å². The Labute approximate surface area is 88.2 Å². The third-order valence-electron chi connectivity index (χ3n) is 1.78. The van der Waals surface area contributed by atoms with Crippen LogP contribution in [0, 0.1) is 0 Å². The monoisotopic (exact) mass is 210 g/mol. The topological polar surface area (TPSA) is 74.4 Å². The molecule has 0 aliphatic rings. The normalized spacial score (nSPS) is 10.0. The van der Waals surface area contributed by atoms with E-state index in [2.05, 4.69) is 4.98 Å². The number of carbonyl (C=O) groups is 1. The van der Waals surface area contributed by atoms with E-state index < -0.39 is 0 Å². The lowest BCUT2D eigenvalue weighted by atomic mass is 10.2. The fraction of sp³-hybridized carbons (Fsp3) is 0.400. The molecule has 0 saturated heterocycles. The van der Waals surface area contributed by atoms with Crippen molar-refractivity contribution in [2.75, 3.05) is 20.3 Å². The molecule has 15 heavy (non-hydrogen) atoms. The summed E-state index contributed by atoms with van der Waals surface area (Å²) in [5.41, 5.74) is 6.53. The summed E-state index contributed by atoms with van der Waals surface area (Å²) in [6, 6.07) is 3.21. The molecule has 0 spiro atoms. The average Bonchev–Trinajstić information content (AvgIpc) is 2.29. The van der Waals surface area contributed by atoms with Crippen molar-refractivity contribution >= 4 is 5.97 Å². The minimum Gasteiger partial charge on any atom is -0.460 e. The molecule has 5 nitrogen and oxygen atoms in total. The summed E-state index contributed by atoms with van der Waals surface area (Å²) in [5.74, 6) is -0.385. The smallest absolute Gasteiger partial charge is 0.338 e. The molecule has 0 fully saturated rings. The van der Waals surface area contributed by atoms with Crippen molar-refractivity contribution in [2.45, 2.75) is 6.54 Å². The number of esters is 1. The number of hydrogen-bond donors (Lipinski definition) is 1. The summed E-state index contributed by atoms with van der Waals surface area (Å²) in [7, 11) is 1.55. The molecule has 1 heterocycles. The lowest BCUT2D eigenvalue weighted by molar-refractivity contribution is 0.0388. The molecule has 1 rings (SSSR count). The van der Waals surface area contributed by atoms with Gasteiger partial charge in [0.1, 0.15) is 6.61 Å². The van der Waals surface area contributed by atoms with Crippen LogP contribution in [0.25, 0.3) is 0 Å². The first kappa shape index (κ1) is 11.6. The van der Waals surface area contributed by atoms with Crippen molar-refractivity contribution < 1.29 is 14.3 Å². The van der Waals surface area contributed by atoms with Crippen LogP contribution in [0.2, 0.25) is 0 Å². The van der Waals surface area contributed by atoms with Crippen molar-refractivity contribution in [3.05, 3.63) is 29.6 Å². The van der Waals surface area contributed by atoms with Gasteiger partial charge in [-0.2, -0.15) is 0 Å². The highest BCUT2D eigenvalue weighted by molar-refractivity contribution is 5.89. The largest absolute Gasteiger partial charge is 0.460 e. The number of hydrogen-bond acceptors (Lipinski definition) is 5. The van der Waals surface area contributed by atoms with Crippen molar-refractivity contribution in [3.8, 4) is 0 Å². The van der Waals surface area contributed by atoms with Gasteiger partial charge >= 0.3 is 5.97 Å². The predicted molar refractivity (Wildman–Crippen MR) is 54.3 cm³/mol. The number of methoxy groups -OCH3 is 1. The van der Waals surface area contributed by atoms with Crippen LogP contribution in [-0.2, 0) is 16.0 Å².